The first kappa shape index (κ1) is 27.7. The number of aryl methyl sites for hydroxylation is 1. The van der Waals surface area contributed by atoms with E-state index in [0.717, 1.165) is 28.0 Å². The maximum absolute atomic E-state index is 13.5. The molecule has 0 aliphatic heterocycles. The highest BCUT2D eigenvalue weighted by molar-refractivity contribution is 7.90. The van der Waals surface area contributed by atoms with Gasteiger partial charge < -0.3 is 14.8 Å². The highest BCUT2D eigenvalue weighted by atomic mass is 32.2. The molecule has 202 valence electrons. The molecule has 2 N–H and O–H groups in total. The summed E-state index contributed by atoms with van der Waals surface area (Å²) in [4.78, 5) is 12.4. The monoisotopic (exact) mass is 544 g/mol. The van der Waals surface area contributed by atoms with E-state index in [2.05, 4.69) is 10.0 Å². The van der Waals surface area contributed by atoms with Gasteiger partial charge in [-0.05, 0) is 86.3 Å². The van der Waals surface area contributed by atoms with Crippen LogP contribution in [0.25, 0.3) is 22.3 Å². The molecule has 39 heavy (non-hydrogen) atoms. The normalized spacial score (nSPS) is 11.5. The van der Waals surface area contributed by atoms with E-state index in [-0.39, 0.29) is 10.6 Å². The molecule has 0 bridgehead atoms. The maximum atomic E-state index is 13.5. The van der Waals surface area contributed by atoms with Crippen LogP contribution in [0.4, 0.5) is 4.79 Å². The molecule has 0 saturated carbocycles. The SMILES string of the molecule is COc1ccc(-c2cccc(Oc3ccc(-c4ccc(C)cc4)cc3S(=O)(=O)NC(=O)NC(C)(C)C)c2)cc1. The number of carbonyl (C=O) groups excluding carboxylic acids is 1. The van der Waals surface area contributed by atoms with E-state index in [0.29, 0.717) is 11.3 Å². The molecule has 0 aromatic heterocycles. The zero-order valence-electron chi connectivity index (χ0n) is 22.6. The minimum Gasteiger partial charge on any atom is -0.497 e. The molecule has 0 aliphatic rings. The fraction of sp³-hybridized carbons (Fsp3) is 0.194. The van der Waals surface area contributed by atoms with E-state index in [9.17, 15) is 13.2 Å². The average molecular weight is 545 g/mol. The molecule has 4 aromatic rings. The van der Waals surface area contributed by atoms with Crippen molar-refractivity contribution in [2.24, 2.45) is 0 Å². The van der Waals surface area contributed by atoms with Crippen LogP contribution in [0.5, 0.6) is 17.2 Å². The standard InChI is InChI=1S/C31H32N2O5S/c1-21-9-11-22(12-10-21)25-15-18-28(29(20-25)39(35,36)33-30(34)32-31(2,3)4)38-27-8-6-7-24(19-27)23-13-16-26(37-5)17-14-23/h6-20H,1-5H3,(H2,32,33,34). The van der Waals surface area contributed by atoms with Gasteiger partial charge in [0.25, 0.3) is 10.0 Å². The van der Waals surface area contributed by atoms with E-state index >= 15 is 0 Å². The lowest BCUT2D eigenvalue weighted by Crippen LogP contribution is -2.48. The third-order valence-electron chi connectivity index (χ3n) is 5.82. The molecule has 7 nitrogen and oxygen atoms in total. The maximum Gasteiger partial charge on any atom is 0.329 e. The van der Waals surface area contributed by atoms with Gasteiger partial charge in [0.15, 0.2) is 0 Å². The lowest BCUT2D eigenvalue weighted by atomic mass is 10.0. The van der Waals surface area contributed by atoms with Gasteiger partial charge in [-0.15, -0.1) is 0 Å². The topological polar surface area (TPSA) is 93.7 Å². The summed E-state index contributed by atoms with van der Waals surface area (Å²) in [5.74, 6) is 1.29. The molecule has 0 saturated heterocycles. The van der Waals surface area contributed by atoms with Crippen molar-refractivity contribution in [3.05, 3.63) is 96.6 Å². The van der Waals surface area contributed by atoms with Gasteiger partial charge in [0.2, 0.25) is 0 Å². The van der Waals surface area contributed by atoms with Crippen LogP contribution in [-0.2, 0) is 10.0 Å². The van der Waals surface area contributed by atoms with Crippen LogP contribution < -0.4 is 19.5 Å². The van der Waals surface area contributed by atoms with Crippen LogP contribution in [0.3, 0.4) is 0 Å². The van der Waals surface area contributed by atoms with Gasteiger partial charge in [0.1, 0.15) is 22.1 Å². The van der Waals surface area contributed by atoms with Crippen LogP contribution in [0.15, 0.2) is 95.9 Å². The van der Waals surface area contributed by atoms with Crippen LogP contribution >= 0.6 is 0 Å². The zero-order chi connectivity index (χ0) is 28.2. The van der Waals surface area contributed by atoms with Crippen LogP contribution in [-0.4, -0.2) is 27.1 Å². The molecule has 0 heterocycles. The number of amides is 2. The summed E-state index contributed by atoms with van der Waals surface area (Å²) in [6.45, 7) is 7.28. The number of hydrogen-bond acceptors (Lipinski definition) is 5. The third-order valence-corrected chi connectivity index (χ3v) is 7.17. The predicted molar refractivity (Wildman–Crippen MR) is 154 cm³/mol. The molecule has 0 atom stereocenters. The Morgan fingerprint density at radius 2 is 1.33 bits per heavy atom. The van der Waals surface area contributed by atoms with E-state index in [1.54, 1.807) is 46.1 Å². The minimum absolute atomic E-state index is 0.0915. The Balaban J connectivity index is 1.72. The summed E-state index contributed by atoms with van der Waals surface area (Å²) in [6, 6.07) is 26.8. The average Bonchev–Trinajstić information content (AvgIpc) is 2.88. The van der Waals surface area contributed by atoms with Gasteiger partial charge in [-0.25, -0.2) is 17.9 Å². The second-order valence-corrected chi connectivity index (χ2v) is 11.8. The van der Waals surface area contributed by atoms with Crippen molar-refractivity contribution >= 4 is 16.1 Å². The van der Waals surface area contributed by atoms with Crippen molar-refractivity contribution in [1.82, 2.24) is 10.0 Å². The molecule has 0 fully saturated rings. The Bertz CT molecular complexity index is 1570. The van der Waals surface area contributed by atoms with Gasteiger partial charge in [-0.1, -0.05) is 60.2 Å². The number of urea groups is 1. The Morgan fingerprint density at radius 1 is 0.744 bits per heavy atom. The number of benzene rings is 4. The van der Waals surface area contributed by atoms with Gasteiger partial charge in [0, 0.05) is 5.54 Å². The summed E-state index contributed by atoms with van der Waals surface area (Å²) in [7, 11) is -2.68. The number of sulfonamides is 1. The first-order chi connectivity index (χ1) is 18.4. The van der Waals surface area contributed by atoms with E-state index in [1.807, 2.05) is 73.7 Å². The van der Waals surface area contributed by atoms with Gasteiger partial charge >= 0.3 is 6.03 Å². The minimum atomic E-state index is -4.29. The Labute approximate surface area is 229 Å². The van der Waals surface area contributed by atoms with Crippen molar-refractivity contribution in [1.29, 1.82) is 0 Å². The highest BCUT2D eigenvalue weighted by Crippen LogP contribution is 2.35. The van der Waals surface area contributed by atoms with Crippen LogP contribution in [0.1, 0.15) is 26.3 Å². The Kier molecular flexibility index (Phi) is 7.97. The molecule has 0 radical (unpaired) electrons. The molecule has 0 aliphatic carbocycles. The highest BCUT2D eigenvalue weighted by Gasteiger charge is 2.25. The van der Waals surface area contributed by atoms with E-state index in [4.69, 9.17) is 9.47 Å². The summed E-state index contributed by atoms with van der Waals surface area (Å²) in [6.07, 6.45) is 0. The van der Waals surface area contributed by atoms with Crippen LogP contribution in [0.2, 0.25) is 0 Å². The van der Waals surface area contributed by atoms with Gasteiger partial charge in [0.05, 0.1) is 7.11 Å². The fourth-order valence-electron chi connectivity index (χ4n) is 3.92. The molecule has 4 rings (SSSR count). The number of carbonyl (C=O) groups is 1. The second kappa shape index (κ2) is 11.2. The second-order valence-electron chi connectivity index (χ2n) is 10.2. The number of ether oxygens (including phenoxy) is 2. The quantitative estimate of drug-likeness (QED) is 0.264. The van der Waals surface area contributed by atoms with Gasteiger partial charge in [-0.3, -0.25) is 0 Å². The molecular formula is C31H32N2O5S. The van der Waals surface area contributed by atoms with E-state index in [1.165, 1.54) is 6.07 Å². The first-order valence-electron chi connectivity index (χ1n) is 12.4. The lowest BCUT2D eigenvalue weighted by Gasteiger charge is -2.21. The predicted octanol–water partition coefficient (Wildman–Crippen LogP) is 6.92. The molecular weight excluding hydrogens is 512 g/mol. The van der Waals surface area contributed by atoms with Crippen LogP contribution in [0, 0.1) is 6.92 Å². The van der Waals surface area contributed by atoms with Crippen molar-refractivity contribution in [3.63, 3.8) is 0 Å². The van der Waals surface area contributed by atoms with Crippen molar-refractivity contribution in [2.45, 2.75) is 38.1 Å². The molecule has 8 heteroatoms. The summed E-state index contributed by atoms with van der Waals surface area (Å²) in [5, 5.41) is 2.62. The zero-order valence-corrected chi connectivity index (χ0v) is 23.4. The first-order valence-corrected chi connectivity index (χ1v) is 13.9. The fourth-order valence-corrected chi connectivity index (χ4v) is 4.98. The molecule has 2 amide bonds. The van der Waals surface area contributed by atoms with Crippen molar-refractivity contribution in [2.75, 3.05) is 7.11 Å². The van der Waals surface area contributed by atoms with Crippen molar-refractivity contribution in [3.8, 4) is 39.5 Å². The lowest BCUT2D eigenvalue weighted by molar-refractivity contribution is 0.237. The Hall–Kier alpha value is -4.30. The summed E-state index contributed by atoms with van der Waals surface area (Å²) >= 11 is 0. The largest absolute Gasteiger partial charge is 0.497 e. The number of methoxy groups -OCH3 is 1. The molecule has 0 unspecified atom stereocenters. The number of hydrogen-bond donors (Lipinski definition) is 2. The molecule has 0 spiro atoms. The number of rotatable bonds is 7. The van der Waals surface area contributed by atoms with E-state index < -0.39 is 21.6 Å². The third kappa shape index (κ3) is 7.18. The van der Waals surface area contributed by atoms with Gasteiger partial charge in [-0.2, -0.15) is 0 Å². The number of nitrogens with one attached hydrogen (secondary N) is 2. The smallest absolute Gasteiger partial charge is 0.329 e. The Morgan fingerprint density at radius 3 is 1.95 bits per heavy atom. The van der Waals surface area contributed by atoms with Crippen molar-refractivity contribution < 1.29 is 22.7 Å². The summed E-state index contributed by atoms with van der Waals surface area (Å²) < 4.78 is 40.4. The summed E-state index contributed by atoms with van der Waals surface area (Å²) in [5.41, 5.74) is 3.81. The molecule has 4 aromatic carbocycles.